The van der Waals surface area contributed by atoms with Gasteiger partial charge in [-0.1, -0.05) is 12.1 Å². The summed E-state index contributed by atoms with van der Waals surface area (Å²) in [6.45, 7) is 0.0451. The summed E-state index contributed by atoms with van der Waals surface area (Å²) in [5, 5.41) is 17.5. The Labute approximate surface area is 79.9 Å². The van der Waals surface area contributed by atoms with Gasteiger partial charge < -0.3 is 10.0 Å². The third kappa shape index (κ3) is 2.50. The maximum atomic E-state index is 12.9. The van der Waals surface area contributed by atoms with Crippen molar-refractivity contribution in [3.05, 3.63) is 29.6 Å². The number of aliphatic imine (C=N–C) groups is 1. The monoisotopic (exact) mass is 195 g/mol. The van der Waals surface area contributed by atoms with E-state index >= 15 is 0 Å². The van der Waals surface area contributed by atoms with Crippen molar-refractivity contribution in [3.63, 3.8) is 0 Å². The zero-order valence-electron chi connectivity index (χ0n) is 7.14. The molecule has 0 aromatic heterocycles. The van der Waals surface area contributed by atoms with E-state index in [1.165, 1.54) is 18.2 Å². The van der Waals surface area contributed by atoms with E-state index in [9.17, 15) is 9.18 Å². The molecule has 0 aliphatic rings. The number of carbonyl (C=O) groups excluding carboxylic acids is 1. The molecule has 0 radical (unpaired) electrons. The maximum Gasteiger partial charge on any atom is 0.491 e. The highest BCUT2D eigenvalue weighted by molar-refractivity contribution is 6.58. The Morgan fingerprint density at radius 2 is 2.21 bits per heavy atom. The highest BCUT2D eigenvalue weighted by atomic mass is 19.1. The van der Waals surface area contributed by atoms with Gasteiger partial charge in [-0.3, -0.25) is 0 Å². The number of benzene rings is 1. The zero-order valence-corrected chi connectivity index (χ0v) is 7.14. The van der Waals surface area contributed by atoms with Gasteiger partial charge in [0.15, 0.2) is 0 Å². The molecule has 2 N–H and O–H groups in total. The van der Waals surface area contributed by atoms with Crippen LogP contribution >= 0.6 is 0 Å². The second kappa shape index (κ2) is 4.67. The second-order valence-corrected chi connectivity index (χ2v) is 2.64. The van der Waals surface area contributed by atoms with Crippen LogP contribution in [0.15, 0.2) is 23.2 Å². The lowest BCUT2D eigenvalue weighted by Gasteiger charge is -2.03. The molecule has 0 atom stereocenters. The SMILES string of the molecule is O=C=NCc1ccc(F)c(B(O)O)c1. The van der Waals surface area contributed by atoms with Crippen molar-refractivity contribution >= 4 is 18.7 Å². The number of rotatable bonds is 3. The molecule has 0 bridgehead atoms. The van der Waals surface area contributed by atoms with Crippen LogP contribution in [0.2, 0.25) is 0 Å². The molecule has 0 aliphatic heterocycles. The van der Waals surface area contributed by atoms with Crippen molar-refractivity contribution in [2.24, 2.45) is 4.99 Å². The summed E-state index contributed by atoms with van der Waals surface area (Å²) < 4.78 is 12.9. The minimum atomic E-state index is -1.87. The minimum absolute atomic E-state index is 0.0451. The average Bonchev–Trinajstić information content (AvgIpc) is 2.16. The third-order valence-corrected chi connectivity index (χ3v) is 1.66. The van der Waals surface area contributed by atoms with Gasteiger partial charge in [-0.25, -0.2) is 14.2 Å². The lowest BCUT2D eigenvalue weighted by Crippen LogP contribution is -2.33. The lowest BCUT2D eigenvalue weighted by atomic mass is 9.79. The fraction of sp³-hybridized carbons (Fsp3) is 0.125. The largest absolute Gasteiger partial charge is 0.491 e. The lowest BCUT2D eigenvalue weighted by molar-refractivity contribution is 0.423. The Hall–Kier alpha value is -1.49. The van der Waals surface area contributed by atoms with Crippen molar-refractivity contribution in [2.45, 2.75) is 6.54 Å². The van der Waals surface area contributed by atoms with E-state index in [4.69, 9.17) is 10.0 Å². The first-order valence-electron chi connectivity index (χ1n) is 3.83. The Morgan fingerprint density at radius 1 is 1.50 bits per heavy atom. The van der Waals surface area contributed by atoms with Gasteiger partial charge >= 0.3 is 7.12 Å². The van der Waals surface area contributed by atoms with E-state index in [-0.39, 0.29) is 12.0 Å². The van der Waals surface area contributed by atoms with E-state index in [1.54, 1.807) is 0 Å². The highest BCUT2D eigenvalue weighted by Crippen LogP contribution is 2.02. The fourth-order valence-corrected chi connectivity index (χ4v) is 1.01. The Balaban J connectivity index is 2.99. The van der Waals surface area contributed by atoms with Gasteiger partial charge in [0, 0.05) is 5.46 Å². The number of isocyanates is 1. The highest BCUT2D eigenvalue weighted by Gasteiger charge is 2.16. The molecule has 0 spiro atoms. The molecule has 72 valence electrons. The van der Waals surface area contributed by atoms with Crippen LogP contribution in [0.4, 0.5) is 4.39 Å². The van der Waals surface area contributed by atoms with Gasteiger partial charge in [-0.15, -0.1) is 0 Å². The van der Waals surface area contributed by atoms with E-state index in [2.05, 4.69) is 4.99 Å². The molecule has 1 aromatic carbocycles. The van der Waals surface area contributed by atoms with Gasteiger partial charge in [0.2, 0.25) is 6.08 Å². The third-order valence-electron chi connectivity index (χ3n) is 1.66. The molecule has 0 aliphatic carbocycles. The minimum Gasteiger partial charge on any atom is -0.423 e. The molecular formula is C8H7BFNO3. The molecule has 0 saturated carbocycles. The summed E-state index contributed by atoms with van der Waals surface area (Å²) in [7, 11) is -1.87. The van der Waals surface area contributed by atoms with Gasteiger partial charge in [0.05, 0.1) is 6.54 Å². The first-order valence-corrected chi connectivity index (χ1v) is 3.83. The molecule has 1 rings (SSSR count). The van der Waals surface area contributed by atoms with Crippen molar-refractivity contribution in [1.29, 1.82) is 0 Å². The molecule has 0 unspecified atom stereocenters. The molecular weight excluding hydrogens is 188 g/mol. The molecule has 0 fully saturated rings. The first kappa shape index (κ1) is 10.6. The van der Waals surface area contributed by atoms with Crippen LogP contribution in [0, 0.1) is 5.82 Å². The summed E-state index contributed by atoms with van der Waals surface area (Å²) in [5.74, 6) is -0.709. The predicted octanol–water partition coefficient (Wildman–Crippen LogP) is -0.659. The van der Waals surface area contributed by atoms with Crippen LogP contribution in [-0.4, -0.2) is 23.2 Å². The Bertz CT molecular complexity index is 377. The van der Waals surface area contributed by atoms with Gasteiger partial charge in [0.25, 0.3) is 0 Å². The van der Waals surface area contributed by atoms with Crippen molar-refractivity contribution in [1.82, 2.24) is 0 Å². The van der Waals surface area contributed by atoms with E-state index in [0.29, 0.717) is 5.56 Å². The van der Waals surface area contributed by atoms with Crippen molar-refractivity contribution in [3.8, 4) is 0 Å². The molecule has 0 saturated heterocycles. The van der Waals surface area contributed by atoms with Crippen LogP contribution < -0.4 is 5.46 Å². The topological polar surface area (TPSA) is 69.9 Å². The van der Waals surface area contributed by atoms with Gasteiger partial charge in [-0.2, -0.15) is 0 Å². The number of hydrogen-bond donors (Lipinski definition) is 2. The van der Waals surface area contributed by atoms with E-state index in [0.717, 1.165) is 6.07 Å². The average molecular weight is 195 g/mol. The van der Waals surface area contributed by atoms with Crippen LogP contribution in [-0.2, 0) is 11.3 Å². The summed E-state index contributed by atoms with van der Waals surface area (Å²) in [6, 6.07) is 3.73. The summed E-state index contributed by atoms with van der Waals surface area (Å²) in [4.78, 5) is 13.1. The summed E-state index contributed by atoms with van der Waals surface area (Å²) >= 11 is 0. The van der Waals surface area contributed by atoms with Crippen LogP contribution in [0.1, 0.15) is 5.56 Å². The van der Waals surface area contributed by atoms with Crippen molar-refractivity contribution < 1.29 is 19.2 Å². The van der Waals surface area contributed by atoms with Crippen molar-refractivity contribution in [2.75, 3.05) is 0 Å². The summed E-state index contributed by atoms with van der Waals surface area (Å²) in [5.41, 5.74) is 0.279. The maximum absolute atomic E-state index is 12.9. The molecule has 14 heavy (non-hydrogen) atoms. The standard InChI is InChI=1S/C8H7BFNO3/c10-8-2-1-6(4-11-5-12)3-7(8)9(13)14/h1-3,13-14H,4H2. The zero-order chi connectivity index (χ0) is 10.6. The normalized spacial score (nSPS) is 9.36. The first-order chi connectivity index (χ1) is 6.65. The van der Waals surface area contributed by atoms with Gasteiger partial charge in [-0.05, 0) is 11.6 Å². The smallest absolute Gasteiger partial charge is 0.423 e. The van der Waals surface area contributed by atoms with E-state index in [1.807, 2.05) is 0 Å². The molecule has 1 aromatic rings. The van der Waals surface area contributed by atoms with E-state index < -0.39 is 12.9 Å². The van der Waals surface area contributed by atoms with Gasteiger partial charge in [0.1, 0.15) is 5.82 Å². The number of halogens is 1. The Kier molecular flexibility index (Phi) is 3.53. The van der Waals surface area contributed by atoms with Crippen LogP contribution in [0.5, 0.6) is 0 Å². The predicted molar refractivity (Wildman–Crippen MR) is 48.1 cm³/mol. The molecule has 6 heteroatoms. The number of hydrogen-bond acceptors (Lipinski definition) is 4. The molecule has 0 amide bonds. The van der Waals surface area contributed by atoms with Crippen LogP contribution in [0.25, 0.3) is 0 Å². The Morgan fingerprint density at radius 3 is 2.79 bits per heavy atom. The summed E-state index contributed by atoms with van der Waals surface area (Å²) in [6.07, 6.45) is 1.34. The number of nitrogens with zero attached hydrogens (tertiary/aromatic N) is 1. The molecule has 0 heterocycles. The quantitative estimate of drug-likeness (QED) is 0.382. The second-order valence-electron chi connectivity index (χ2n) is 2.64. The molecule has 4 nitrogen and oxygen atoms in total. The van der Waals surface area contributed by atoms with Crippen LogP contribution in [0.3, 0.4) is 0 Å². The fourth-order valence-electron chi connectivity index (χ4n) is 1.01.